The third-order valence-electron chi connectivity index (χ3n) is 4.19. The van der Waals surface area contributed by atoms with Gasteiger partial charge in [-0.15, -0.1) is 0 Å². The van der Waals surface area contributed by atoms with Gasteiger partial charge in [-0.05, 0) is 52.7 Å². The van der Waals surface area contributed by atoms with Crippen LogP contribution in [0.4, 0.5) is 0 Å². The zero-order valence-electron chi connectivity index (χ0n) is 14.6. The fourth-order valence-corrected chi connectivity index (χ4v) is 2.70. The van der Waals surface area contributed by atoms with Gasteiger partial charge in [-0.25, -0.2) is 0 Å². The molecule has 2 rings (SSSR count). The normalized spacial score (nSPS) is 15.9. The Labute approximate surface area is 139 Å². The van der Waals surface area contributed by atoms with Gasteiger partial charge >= 0.3 is 0 Å². The van der Waals surface area contributed by atoms with E-state index in [9.17, 15) is 4.79 Å². The minimum Gasteiger partial charge on any atom is -0.484 e. The average Bonchev–Trinajstić information content (AvgIpc) is 2.54. The maximum atomic E-state index is 12.2. The summed E-state index contributed by atoms with van der Waals surface area (Å²) < 4.78 is 5.58. The summed E-state index contributed by atoms with van der Waals surface area (Å²) in [7, 11) is 4.20. The van der Waals surface area contributed by atoms with Crippen molar-refractivity contribution in [3.8, 4) is 5.75 Å². The zero-order valence-corrected chi connectivity index (χ0v) is 14.6. The summed E-state index contributed by atoms with van der Waals surface area (Å²) in [6.07, 6.45) is 1.18. The fourth-order valence-electron chi connectivity index (χ4n) is 2.70. The van der Waals surface area contributed by atoms with Crippen LogP contribution in [0.15, 0.2) is 24.3 Å². The highest BCUT2D eigenvalue weighted by Gasteiger charge is 2.21. The van der Waals surface area contributed by atoms with Crippen molar-refractivity contribution in [2.75, 3.05) is 60.0 Å². The molecule has 1 aliphatic rings. The van der Waals surface area contributed by atoms with Crippen molar-refractivity contribution >= 4 is 5.91 Å². The molecular formula is C18H29N3O2. The predicted molar refractivity (Wildman–Crippen MR) is 92.9 cm³/mol. The molecule has 0 atom stereocenters. The van der Waals surface area contributed by atoms with Crippen LogP contribution in [0, 0.1) is 6.92 Å². The first-order chi connectivity index (χ1) is 11.0. The molecule has 0 N–H and O–H groups in total. The maximum Gasteiger partial charge on any atom is 0.260 e. The van der Waals surface area contributed by atoms with Gasteiger partial charge in [0.1, 0.15) is 5.75 Å². The number of rotatable bonds is 7. The summed E-state index contributed by atoms with van der Waals surface area (Å²) in [4.78, 5) is 18.8. The molecule has 0 aliphatic carbocycles. The summed E-state index contributed by atoms with van der Waals surface area (Å²) in [5, 5.41) is 0. The number of nitrogens with zero attached hydrogens (tertiary/aromatic N) is 3. The second kappa shape index (κ2) is 8.89. The van der Waals surface area contributed by atoms with Crippen molar-refractivity contribution < 1.29 is 9.53 Å². The van der Waals surface area contributed by atoms with E-state index in [0.29, 0.717) is 0 Å². The number of benzene rings is 1. The first-order valence-electron chi connectivity index (χ1n) is 8.39. The highest BCUT2D eigenvalue weighted by atomic mass is 16.5. The average molecular weight is 319 g/mol. The number of amides is 1. The van der Waals surface area contributed by atoms with Crippen molar-refractivity contribution in [3.05, 3.63) is 29.8 Å². The molecule has 0 bridgehead atoms. The smallest absolute Gasteiger partial charge is 0.260 e. The summed E-state index contributed by atoms with van der Waals surface area (Å²) in [5.41, 5.74) is 1.19. The number of hydrogen-bond donors (Lipinski definition) is 0. The second-order valence-electron chi connectivity index (χ2n) is 6.48. The van der Waals surface area contributed by atoms with Crippen LogP contribution in [0.3, 0.4) is 0 Å². The Morgan fingerprint density at radius 2 is 1.78 bits per heavy atom. The van der Waals surface area contributed by atoms with Gasteiger partial charge in [0.25, 0.3) is 5.91 Å². The van der Waals surface area contributed by atoms with E-state index >= 15 is 0 Å². The molecule has 5 nitrogen and oxygen atoms in total. The lowest BCUT2D eigenvalue weighted by Crippen LogP contribution is -2.50. The topological polar surface area (TPSA) is 36.0 Å². The Balaban J connectivity index is 1.66. The first-order valence-corrected chi connectivity index (χ1v) is 8.39. The van der Waals surface area contributed by atoms with E-state index in [0.717, 1.165) is 45.0 Å². The Hall–Kier alpha value is -1.59. The van der Waals surface area contributed by atoms with E-state index in [1.165, 1.54) is 12.0 Å². The Morgan fingerprint density at radius 3 is 2.39 bits per heavy atom. The van der Waals surface area contributed by atoms with E-state index in [1.807, 2.05) is 36.1 Å². The Bertz CT molecular complexity index is 480. The van der Waals surface area contributed by atoms with Gasteiger partial charge in [0.15, 0.2) is 6.61 Å². The lowest BCUT2D eigenvalue weighted by molar-refractivity contribution is -0.135. The van der Waals surface area contributed by atoms with Gasteiger partial charge in [-0.3, -0.25) is 9.69 Å². The quantitative estimate of drug-likeness (QED) is 0.762. The monoisotopic (exact) mass is 319 g/mol. The molecule has 1 amide bonds. The van der Waals surface area contributed by atoms with E-state index in [1.54, 1.807) is 0 Å². The van der Waals surface area contributed by atoms with E-state index in [-0.39, 0.29) is 12.5 Å². The van der Waals surface area contributed by atoms with Crippen molar-refractivity contribution in [3.63, 3.8) is 0 Å². The predicted octanol–water partition coefficient (Wildman–Crippen LogP) is 1.47. The van der Waals surface area contributed by atoms with Crippen LogP contribution in [0.5, 0.6) is 5.75 Å². The van der Waals surface area contributed by atoms with Crippen LogP contribution in [-0.2, 0) is 4.79 Å². The van der Waals surface area contributed by atoms with Gasteiger partial charge in [0, 0.05) is 26.2 Å². The molecule has 0 aromatic heterocycles. The van der Waals surface area contributed by atoms with Gasteiger partial charge in [0.2, 0.25) is 0 Å². The van der Waals surface area contributed by atoms with Crippen LogP contribution in [0.25, 0.3) is 0 Å². The van der Waals surface area contributed by atoms with E-state index in [4.69, 9.17) is 4.74 Å². The molecule has 0 saturated carbocycles. The third-order valence-corrected chi connectivity index (χ3v) is 4.19. The first kappa shape index (κ1) is 17.8. The molecule has 0 radical (unpaired) electrons. The molecule has 1 fully saturated rings. The number of carbonyl (C=O) groups is 1. The highest BCUT2D eigenvalue weighted by molar-refractivity contribution is 5.77. The number of carbonyl (C=O) groups excluding carboxylic acids is 1. The fraction of sp³-hybridized carbons (Fsp3) is 0.611. The molecule has 128 valence electrons. The van der Waals surface area contributed by atoms with Crippen molar-refractivity contribution in [1.29, 1.82) is 0 Å². The number of ether oxygens (including phenoxy) is 1. The van der Waals surface area contributed by atoms with Gasteiger partial charge in [-0.2, -0.15) is 0 Å². The molecule has 1 saturated heterocycles. The maximum absolute atomic E-state index is 12.2. The second-order valence-corrected chi connectivity index (χ2v) is 6.48. The number of hydrogen-bond acceptors (Lipinski definition) is 4. The molecular weight excluding hydrogens is 290 g/mol. The molecule has 1 aromatic rings. The molecule has 5 heteroatoms. The Morgan fingerprint density at radius 1 is 1.13 bits per heavy atom. The summed E-state index contributed by atoms with van der Waals surface area (Å²) in [6, 6.07) is 7.80. The van der Waals surface area contributed by atoms with Crippen LogP contribution < -0.4 is 4.74 Å². The van der Waals surface area contributed by atoms with Gasteiger partial charge in [-0.1, -0.05) is 17.7 Å². The zero-order chi connectivity index (χ0) is 16.7. The van der Waals surface area contributed by atoms with Crippen LogP contribution in [-0.4, -0.2) is 80.6 Å². The summed E-state index contributed by atoms with van der Waals surface area (Å²) in [5.74, 6) is 0.838. The van der Waals surface area contributed by atoms with Gasteiger partial charge < -0.3 is 14.5 Å². The molecule has 23 heavy (non-hydrogen) atoms. The van der Waals surface area contributed by atoms with Crippen LogP contribution in [0.1, 0.15) is 12.0 Å². The summed E-state index contributed by atoms with van der Waals surface area (Å²) >= 11 is 0. The minimum absolute atomic E-state index is 0.0820. The van der Waals surface area contributed by atoms with Crippen LogP contribution in [0.2, 0.25) is 0 Å². The van der Waals surface area contributed by atoms with Crippen molar-refractivity contribution in [2.45, 2.75) is 13.3 Å². The molecule has 1 aliphatic heterocycles. The largest absolute Gasteiger partial charge is 0.484 e. The molecule has 0 spiro atoms. The standard InChI is InChI=1S/C18H29N3O2/c1-16-5-7-17(8-6-16)23-15-18(22)21-13-11-20(12-14-21)10-4-9-19(2)3/h5-8H,4,9-15H2,1-3H3. The lowest BCUT2D eigenvalue weighted by Gasteiger charge is -2.34. The number of piperazine rings is 1. The molecule has 1 heterocycles. The van der Waals surface area contributed by atoms with E-state index in [2.05, 4.69) is 23.9 Å². The van der Waals surface area contributed by atoms with Crippen molar-refractivity contribution in [2.24, 2.45) is 0 Å². The van der Waals surface area contributed by atoms with Crippen LogP contribution >= 0.6 is 0 Å². The van der Waals surface area contributed by atoms with Crippen molar-refractivity contribution in [1.82, 2.24) is 14.7 Å². The minimum atomic E-state index is 0.0820. The summed E-state index contributed by atoms with van der Waals surface area (Å²) in [6.45, 7) is 7.92. The lowest BCUT2D eigenvalue weighted by atomic mass is 10.2. The molecule has 0 unspecified atom stereocenters. The number of aryl methyl sites for hydroxylation is 1. The Kier molecular flexibility index (Phi) is 6.86. The molecule has 1 aromatic carbocycles. The van der Waals surface area contributed by atoms with Gasteiger partial charge in [0.05, 0.1) is 0 Å². The highest BCUT2D eigenvalue weighted by Crippen LogP contribution is 2.12. The third kappa shape index (κ3) is 6.20. The van der Waals surface area contributed by atoms with E-state index < -0.39 is 0 Å². The SMILES string of the molecule is Cc1ccc(OCC(=O)N2CCN(CCCN(C)C)CC2)cc1.